The first-order valence-electron chi connectivity index (χ1n) is 8.12. The molecular formula is C19H19NO4S. The lowest BCUT2D eigenvalue weighted by molar-refractivity contribution is -0.149. The summed E-state index contributed by atoms with van der Waals surface area (Å²) in [6, 6.07) is 14.3. The minimum absolute atomic E-state index is 0.264. The van der Waals surface area contributed by atoms with Gasteiger partial charge in [0.15, 0.2) is 5.79 Å². The van der Waals surface area contributed by atoms with Gasteiger partial charge in [0.25, 0.3) is 10.0 Å². The molecule has 0 radical (unpaired) electrons. The van der Waals surface area contributed by atoms with Crippen molar-refractivity contribution in [2.24, 2.45) is 0 Å². The topological polar surface area (TPSA) is 57.5 Å². The Balaban J connectivity index is 1.86. The van der Waals surface area contributed by atoms with Crippen LogP contribution in [0.3, 0.4) is 0 Å². The fourth-order valence-electron chi connectivity index (χ4n) is 3.10. The van der Waals surface area contributed by atoms with Crippen LogP contribution in [0.25, 0.3) is 10.9 Å². The Morgan fingerprint density at radius 2 is 1.68 bits per heavy atom. The zero-order valence-electron chi connectivity index (χ0n) is 14.1. The van der Waals surface area contributed by atoms with Crippen LogP contribution in [0, 0.1) is 6.92 Å². The molecule has 0 atom stereocenters. The molecule has 0 aliphatic carbocycles. The molecule has 1 aliphatic heterocycles. The van der Waals surface area contributed by atoms with E-state index >= 15 is 0 Å². The molecule has 0 amide bonds. The van der Waals surface area contributed by atoms with E-state index in [0.29, 0.717) is 18.7 Å². The Morgan fingerprint density at radius 1 is 1.00 bits per heavy atom. The van der Waals surface area contributed by atoms with Gasteiger partial charge in [-0.1, -0.05) is 29.8 Å². The third-order valence-corrected chi connectivity index (χ3v) is 6.30. The molecule has 0 spiro atoms. The number of rotatable bonds is 3. The largest absolute Gasteiger partial charge is 0.344 e. The molecule has 1 aromatic heterocycles. The standard InChI is InChI=1S/C19H19NO4S/c1-14-3-7-17(8-4-14)25(21,22)20-10-9-15-5-6-16(13-18(15)20)19(2)23-11-12-24-19/h3-10,13H,11-12H2,1-2H3. The van der Waals surface area contributed by atoms with Gasteiger partial charge in [0, 0.05) is 17.1 Å². The summed E-state index contributed by atoms with van der Waals surface area (Å²) in [6.45, 7) is 4.83. The maximum Gasteiger partial charge on any atom is 0.268 e. The van der Waals surface area contributed by atoms with Crippen LogP contribution in [0.1, 0.15) is 18.1 Å². The Labute approximate surface area is 146 Å². The van der Waals surface area contributed by atoms with Crippen LogP contribution < -0.4 is 0 Å². The first kappa shape index (κ1) is 16.3. The van der Waals surface area contributed by atoms with Crippen LogP contribution in [0.5, 0.6) is 0 Å². The SMILES string of the molecule is Cc1ccc(S(=O)(=O)n2ccc3ccc(C4(C)OCCO4)cc32)cc1. The Bertz CT molecular complexity index is 1030. The second kappa shape index (κ2) is 5.69. The molecule has 2 aromatic carbocycles. The van der Waals surface area contributed by atoms with E-state index in [4.69, 9.17) is 9.47 Å². The molecule has 1 saturated heterocycles. The van der Waals surface area contributed by atoms with Crippen LogP contribution in [0.15, 0.2) is 59.6 Å². The second-order valence-corrected chi connectivity index (χ2v) is 8.16. The first-order chi connectivity index (χ1) is 11.9. The molecule has 0 N–H and O–H groups in total. The van der Waals surface area contributed by atoms with E-state index in [1.54, 1.807) is 36.5 Å². The number of hydrogen-bond donors (Lipinski definition) is 0. The molecule has 25 heavy (non-hydrogen) atoms. The average Bonchev–Trinajstić information content (AvgIpc) is 3.22. The maximum absolute atomic E-state index is 13.0. The molecule has 0 saturated carbocycles. The van der Waals surface area contributed by atoms with Crippen LogP contribution in [0.2, 0.25) is 0 Å². The van der Waals surface area contributed by atoms with Crippen molar-refractivity contribution in [3.05, 3.63) is 65.9 Å². The van der Waals surface area contributed by atoms with Crippen LogP contribution >= 0.6 is 0 Å². The highest BCUT2D eigenvalue weighted by Crippen LogP contribution is 2.33. The normalized spacial score (nSPS) is 17.2. The minimum atomic E-state index is -3.66. The molecule has 0 bridgehead atoms. The van der Waals surface area contributed by atoms with E-state index in [0.717, 1.165) is 16.5 Å². The van der Waals surface area contributed by atoms with E-state index in [1.165, 1.54) is 3.97 Å². The lowest BCUT2D eigenvalue weighted by Crippen LogP contribution is -2.22. The fraction of sp³-hybridized carbons (Fsp3) is 0.263. The van der Waals surface area contributed by atoms with E-state index in [9.17, 15) is 8.42 Å². The van der Waals surface area contributed by atoms with Crippen molar-refractivity contribution in [3.63, 3.8) is 0 Å². The number of fused-ring (bicyclic) bond motifs is 1. The summed E-state index contributed by atoms with van der Waals surface area (Å²) < 4.78 is 38.8. The minimum Gasteiger partial charge on any atom is -0.344 e. The smallest absolute Gasteiger partial charge is 0.268 e. The summed E-state index contributed by atoms with van der Waals surface area (Å²) in [4.78, 5) is 0.264. The quantitative estimate of drug-likeness (QED) is 0.721. The predicted octanol–water partition coefficient (Wildman–Crippen LogP) is 3.41. The van der Waals surface area contributed by atoms with Crippen molar-refractivity contribution in [1.29, 1.82) is 0 Å². The lowest BCUT2D eigenvalue weighted by atomic mass is 10.1. The van der Waals surface area contributed by atoms with Gasteiger partial charge in [-0.3, -0.25) is 0 Å². The van der Waals surface area contributed by atoms with E-state index in [1.807, 2.05) is 32.0 Å². The summed E-state index contributed by atoms with van der Waals surface area (Å²) in [5.41, 5.74) is 2.43. The third kappa shape index (κ3) is 2.66. The number of ether oxygens (including phenoxy) is 2. The zero-order chi connectivity index (χ0) is 17.7. The van der Waals surface area contributed by atoms with Crippen LogP contribution in [-0.2, 0) is 25.3 Å². The molecule has 1 fully saturated rings. The van der Waals surface area contributed by atoms with E-state index in [-0.39, 0.29) is 4.90 Å². The summed E-state index contributed by atoms with van der Waals surface area (Å²) >= 11 is 0. The molecule has 1 aliphatic rings. The van der Waals surface area contributed by atoms with Crippen molar-refractivity contribution >= 4 is 20.9 Å². The van der Waals surface area contributed by atoms with E-state index < -0.39 is 15.8 Å². The van der Waals surface area contributed by atoms with Crippen molar-refractivity contribution in [2.75, 3.05) is 13.2 Å². The highest BCUT2D eigenvalue weighted by atomic mass is 32.2. The van der Waals surface area contributed by atoms with Gasteiger partial charge in [-0.2, -0.15) is 0 Å². The van der Waals surface area contributed by atoms with E-state index in [2.05, 4.69) is 0 Å². The van der Waals surface area contributed by atoms with Crippen molar-refractivity contribution in [2.45, 2.75) is 24.5 Å². The Morgan fingerprint density at radius 3 is 2.36 bits per heavy atom. The summed E-state index contributed by atoms with van der Waals surface area (Å²) in [6.07, 6.45) is 1.59. The van der Waals surface area contributed by atoms with Crippen LogP contribution in [-0.4, -0.2) is 25.6 Å². The van der Waals surface area contributed by atoms with Crippen LogP contribution in [0.4, 0.5) is 0 Å². The number of aryl methyl sites for hydroxylation is 1. The maximum atomic E-state index is 13.0. The average molecular weight is 357 g/mol. The summed E-state index contributed by atoms with van der Waals surface area (Å²) in [5, 5.41) is 0.848. The third-order valence-electron chi connectivity index (χ3n) is 4.60. The molecule has 2 heterocycles. The van der Waals surface area contributed by atoms with Gasteiger partial charge in [0.2, 0.25) is 0 Å². The fourth-order valence-corrected chi connectivity index (χ4v) is 4.45. The number of aromatic nitrogens is 1. The first-order valence-corrected chi connectivity index (χ1v) is 9.56. The Hall–Kier alpha value is -2.15. The van der Waals surface area contributed by atoms with Gasteiger partial charge < -0.3 is 9.47 Å². The van der Waals surface area contributed by atoms with Crippen molar-refractivity contribution in [1.82, 2.24) is 3.97 Å². The molecule has 6 heteroatoms. The molecule has 3 aromatic rings. The van der Waals surface area contributed by atoms with Gasteiger partial charge in [-0.15, -0.1) is 0 Å². The van der Waals surface area contributed by atoms with Gasteiger partial charge >= 0.3 is 0 Å². The number of nitrogens with zero attached hydrogens (tertiary/aromatic N) is 1. The molecular weight excluding hydrogens is 338 g/mol. The molecule has 5 nitrogen and oxygen atoms in total. The molecule has 130 valence electrons. The molecule has 4 rings (SSSR count). The lowest BCUT2D eigenvalue weighted by Gasteiger charge is -2.23. The summed E-state index contributed by atoms with van der Waals surface area (Å²) in [5.74, 6) is -0.836. The predicted molar refractivity (Wildman–Crippen MR) is 95.0 cm³/mol. The van der Waals surface area contributed by atoms with Crippen molar-refractivity contribution < 1.29 is 17.9 Å². The summed E-state index contributed by atoms with van der Waals surface area (Å²) in [7, 11) is -3.66. The number of benzene rings is 2. The van der Waals surface area contributed by atoms with Gasteiger partial charge in [0.1, 0.15) is 0 Å². The molecule has 0 unspecified atom stereocenters. The second-order valence-electron chi connectivity index (χ2n) is 6.35. The van der Waals surface area contributed by atoms with Crippen molar-refractivity contribution in [3.8, 4) is 0 Å². The van der Waals surface area contributed by atoms with Gasteiger partial charge in [-0.25, -0.2) is 12.4 Å². The zero-order valence-corrected chi connectivity index (χ0v) is 14.9. The Kier molecular flexibility index (Phi) is 3.72. The number of hydrogen-bond acceptors (Lipinski definition) is 4. The monoisotopic (exact) mass is 357 g/mol. The highest BCUT2D eigenvalue weighted by Gasteiger charge is 2.33. The van der Waals surface area contributed by atoms with Gasteiger partial charge in [-0.05, 0) is 38.1 Å². The highest BCUT2D eigenvalue weighted by molar-refractivity contribution is 7.90. The van der Waals surface area contributed by atoms with Gasteiger partial charge in [0.05, 0.1) is 23.6 Å².